The summed E-state index contributed by atoms with van der Waals surface area (Å²) in [7, 11) is 1.64. The second kappa shape index (κ2) is 11.5. The fourth-order valence-electron chi connectivity index (χ4n) is 2.89. The predicted molar refractivity (Wildman–Crippen MR) is 127 cm³/mol. The van der Waals surface area contributed by atoms with E-state index in [0.717, 1.165) is 5.56 Å². The highest BCUT2D eigenvalue weighted by molar-refractivity contribution is 14.0. The van der Waals surface area contributed by atoms with Gasteiger partial charge >= 0.3 is 0 Å². The Morgan fingerprint density at radius 1 is 1.27 bits per heavy atom. The average Bonchev–Trinajstić information content (AvgIpc) is 3.27. The van der Waals surface area contributed by atoms with Crippen LogP contribution in [0.1, 0.15) is 22.7 Å². The van der Waals surface area contributed by atoms with Gasteiger partial charge in [0.1, 0.15) is 5.82 Å². The van der Waals surface area contributed by atoms with Crippen LogP contribution in [0.4, 0.5) is 4.39 Å². The number of aliphatic imine (C=N–C) groups is 1. The smallest absolute Gasteiger partial charge is 0.191 e. The molecule has 30 heavy (non-hydrogen) atoms. The zero-order chi connectivity index (χ0) is 20.6. The molecule has 1 heterocycles. The Hall–Kier alpha value is -2.64. The molecule has 1 unspecified atom stereocenters. The maximum atomic E-state index is 14.0. The van der Waals surface area contributed by atoms with Crippen molar-refractivity contribution in [2.24, 2.45) is 4.99 Å². The van der Waals surface area contributed by atoms with Crippen LogP contribution in [0.5, 0.6) is 0 Å². The van der Waals surface area contributed by atoms with E-state index in [4.69, 9.17) is 16.9 Å². The van der Waals surface area contributed by atoms with Crippen LogP contribution in [0.15, 0.2) is 65.9 Å². The molecule has 2 N–H and O–H groups in total. The van der Waals surface area contributed by atoms with Crippen molar-refractivity contribution in [2.45, 2.75) is 12.6 Å². The van der Waals surface area contributed by atoms with Crippen molar-refractivity contribution in [1.82, 2.24) is 20.4 Å². The Bertz CT molecular complexity index is 1010. The van der Waals surface area contributed by atoms with Gasteiger partial charge in [0.05, 0.1) is 17.7 Å². The number of nitrogens with zero attached hydrogens (tertiary/aromatic N) is 4. The first-order chi connectivity index (χ1) is 14.1. The minimum Gasteiger partial charge on any atom is -0.354 e. The van der Waals surface area contributed by atoms with Crippen molar-refractivity contribution in [3.63, 3.8) is 0 Å². The summed E-state index contributed by atoms with van der Waals surface area (Å²) >= 11 is 6.01. The number of halogens is 3. The fraction of sp³-hybridized carbons (Fsp3) is 0.190. The molecule has 3 rings (SSSR count). The fourth-order valence-corrected chi connectivity index (χ4v) is 3.01. The zero-order valence-corrected chi connectivity index (χ0v) is 19.3. The molecule has 0 saturated heterocycles. The molecule has 1 atom stereocenters. The lowest BCUT2D eigenvalue weighted by Gasteiger charge is -2.21. The number of aromatic nitrogens is 2. The Kier molecular flexibility index (Phi) is 9.08. The molecule has 1 aromatic heterocycles. The number of nitriles is 1. The predicted octanol–water partition coefficient (Wildman–Crippen LogP) is 4.12. The van der Waals surface area contributed by atoms with Crippen LogP contribution in [0.25, 0.3) is 0 Å². The maximum Gasteiger partial charge on any atom is 0.191 e. The van der Waals surface area contributed by atoms with Gasteiger partial charge in [-0.05, 0) is 42.0 Å². The Morgan fingerprint density at radius 3 is 2.67 bits per heavy atom. The molecule has 0 bridgehead atoms. The van der Waals surface area contributed by atoms with Crippen molar-refractivity contribution in [3.8, 4) is 6.07 Å². The molecule has 0 aliphatic carbocycles. The van der Waals surface area contributed by atoms with Crippen molar-refractivity contribution < 1.29 is 4.39 Å². The van der Waals surface area contributed by atoms with Crippen LogP contribution < -0.4 is 10.6 Å². The second-order valence-electron chi connectivity index (χ2n) is 6.28. The Balaban J connectivity index is 0.00000320. The van der Waals surface area contributed by atoms with E-state index < -0.39 is 0 Å². The second-order valence-corrected chi connectivity index (χ2v) is 6.71. The number of hydrogen-bond donors (Lipinski definition) is 2. The van der Waals surface area contributed by atoms with E-state index in [0.29, 0.717) is 28.7 Å². The van der Waals surface area contributed by atoms with E-state index in [1.165, 1.54) is 18.2 Å². The van der Waals surface area contributed by atoms with Gasteiger partial charge < -0.3 is 10.6 Å². The van der Waals surface area contributed by atoms with Crippen LogP contribution in [0.2, 0.25) is 5.02 Å². The molecular weight excluding hydrogens is 518 g/mol. The first kappa shape index (κ1) is 23.6. The first-order valence-electron chi connectivity index (χ1n) is 8.98. The largest absolute Gasteiger partial charge is 0.354 e. The first-order valence-corrected chi connectivity index (χ1v) is 9.36. The summed E-state index contributed by atoms with van der Waals surface area (Å²) in [4.78, 5) is 4.19. The molecule has 0 amide bonds. The van der Waals surface area contributed by atoms with Gasteiger partial charge in [-0.2, -0.15) is 10.4 Å². The van der Waals surface area contributed by atoms with Crippen molar-refractivity contribution in [1.29, 1.82) is 5.26 Å². The molecular formula is C21H21ClFIN6. The van der Waals surface area contributed by atoms with E-state index in [-0.39, 0.29) is 42.4 Å². The summed E-state index contributed by atoms with van der Waals surface area (Å²) in [5.74, 6) is 0.139. The number of guanidine groups is 1. The van der Waals surface area contributed by atoms with Crippen LogP contribution in [-0.2, 0) is 6.54 Å². The van der Waals surface area contributed by atoms with Crippen molar-refractivity contribution in [3.05, 3.63) is 88.5 Å². The number of hydrogen-bond acceptors (Lipinski definition) is 3. The molecule has 0 saturated carbocycles. The molecule has 0 fully saturated rings. The highest BCUT2D eigenvalue weighted by Gasteiger charge is 2.15. The monoisotopic (exact) mass is 538 g/mol. The van der Waals surface area contributed by atoms with Crippen LogP contribution in [0, 0.1) is 17.1 Å². The number of nitrogens with one attached hydrogen (secondary N) is 2. The van der Waals surface area contributed by atoms with Crippen molar-refractivity contribution >= 4 is 41.5 Å². The average molecular weight is 539 g/mol. The van der Waals surface area contributed by atoms with Gasteiger partial charge in [0, 0.05) is 43.1 Å². The maximum absolute atomic E-state index is 14.0. The minimum absolute atomic E-state index is 0. The summed E-state index contributed by atoms with van der Waals surface area (Å²) in [6.07, 6.45) is 3.61. The van der Waals surface area contributed by atoms with E-state index in [1.54, 1.807) is 13.2 Å². The third-order valence-corrected chi connectivity index (χ3v) is 4.66. The Labute approximate surface area is 196 Å². The lowest BCUT2D eigenvalue weighted by molar-refractivity contribution is 0.510. The summed E-state index contributed by atoms with van der Waals surface area (Å²) in [5.41, 5.74) is 1.84. The number of benzene rings is 2. The van der Waals surface area contributed by atoms with Gasteiger partial charge in [0.15, 0.2) is 5.96 Å². The van der Waals surface area contributed by atoms with E-state index in [2.05, 4.69) is 20.7 Å². The molecule has 156 valence electrons. The van der Waals surface area contributed by atoms with Gasteiger partial charge in [-0.25, -0.2) is 4.39 Å². The van der Waals surface area contributed by atoms with Gasteiger partial charge in [-0.15, -0.1) is 24.0 Å². The molecule has 3 aromatic rings. The molecule has 0 radical (unpaired) electrons. The quantitative estimate of drug-likeness (QED) is 0.281. The van der Waals surface area contributed by atoms with Gasteiger partial charge in [-0.1, -0.05) is 23.7 Å². The summed E-state index contributed by atoms with van der Waals surface area (Å²) < 4.78 is 15.8. The SMILES string of the molecule is CN=C(NCc1cc(C#N)ccc1F)NCC(c1ccc(Cl)cc1)n1cccn1.I. The molecule has 0 spiro atoms. The molecule has 6 nitrogen and oxygen atoms in total. The molecule has 0 aliphatic rings. The summed E-state index contributed by atoms with van der Waals surface area (Å²) in [6.45, 7) is 0.706. The number of rotatable bonds is 6. The summed E-state index contributed by atoms with van der Waals surface area (Å²) in [5, 5.41) is 20.3. The van der Waals surface area contributed by atoms with E-state index in [1.807, 2.05) is 47.3 Å². The van der Waals surface area contributed by atoms with Gasteiger partial charge in [0.2, 0.25) is 0 Å². The molecule has 9 heteroatoms. The lowest BCUT2D eigenvalue weighted by atomic mass is 10.1. The van der Waals surface area contributed by atoms with Gasteiger partial charge in [-0.3, -0.25) is 9.67 Å². The highest BCUT2D eigenvalue weighted by atomic mass is 127. The highest BCUT2D eigenvalue weighted by Crippen LogP contribution is 2.19. The lowest BCUT2D eigenvalue weighted by Crippen LogP contribution is -2.40. The topological polar surface area (TPSA) is 78.0 Å². The Morgan fingerprint density at radius 2 is 2.03 bits per heavy atom. The van der Waals surface area contributed by atoms with Crippen LogP contribution in [-0.4, -0.2) is 29.3 Å². The standard InChI is InChI=1S/C21H20ClFN6.HI/c1-25-21(26-13-17-11-15(12-24)3-8-19(17)23)27-14-20(29-10-2-9-28-29)16-4-6-18(22)7-5-16;/h2-11,20H,13-14H2,1H3,(H2,25,26,27);1H. The molecule has 2 aromatic carbocycles. The van der Waals surface area contributed by atoms with Crippen LogP contribution in [0.3, 0.4) is 0 Å². The zero-order valence-electron chi connectivity index (χ0n) is 16.2. The van der Waals surface area contributed by atoms with E-state index in [9.17, 15) is 4.39 Å². The van der Waals surface area contributed by atoms with Crippen molar-refractivity contribution in [2.75, 3.05) is 13.6 Å². The van der Waals surface area contributed by atoms with Crippen LogP contribution >= 0.6 is 35.6 Å². The summed E-state index contributed by atoms with van der Waals surface area (Å²) in [6, 6.07) is 15.6. The third kappa shape index (κ3) is 6.18. The normalized spacial score (nSPS) is 11.9. The minimum atomic E-state index is -0.373. The van der Waals surface area contributed by atoms with E-state index >= 15 is 0 Å². The van der Waals surface area contributed by atoms with Gasteiger partial charge in [0.25, 0.3) is 0 Å². The molecule has 0 aliphatic heterocycles. The third-order valence-electron chi connectivity index (χ3n) is 4.41.